The Bertz CT molecular complexity index is 912. The zero-order chi connectivity index (χ0) is 31.1. The molecule has 0 aromatic carbocycles. The van der Waals surface area contributed by atoms with Crippen molar-refractivity contribution >= 4 is 5.91 Å². The quantitative estimate of drug-likeness (QED) is 0.174. The van der Waals surface area contributed by atoms with Crippen molar-refractivity contribution in [2.45, 2.75) is 127 Å². The molecule has 0 saturated carbocycles. The third kappa shape index (κ3) is 7.99. The Morgan fingerprint density at radius 1 is 1.14 bits per heavy atom. The summed E-state index contributed by atoms with van der Waals surface area (Å²) in [6, 6.07) is 0. The average molecular weight is 600 g/mol. The molecule has 0 aromatic heterocycles. The van der Waals surface area contributed by atoms with E-state index < -0.39 is 60.0 Å². The number of methoxy groups -OCH3 is 2. The van der Waals surface area contributed by atoms with Gasteiger partial charge in [0.05, 0.1) is 24.4 Å². The highest BCUT2D eigenvalue weighted by Gasteiger charge is 2.57. The minimum Gasteiger partial charge on any atom is -0.396 e. The molecule has 1 amide bonds. The number of aliphatic hydroxyl groups excluding tert-OH is 3. The first-order chi connectivity index (χ1) is 19.9. The van der Waals surface area contributed by atoms with Gasteiger partial charge >= 0.3 is 0 Å². The van der Waals surface area contributed by atoms with Gasteiger partial charge in [-0.05, 0) is 26.2 Å². The molecule has 0 aromatic rings. The van der Waals surface area contributed by atoms with Gasteiger partial charge in [-0.3, -0.25) is 4.79 Å². The molecule has 3 aliphatic rings. The Balaban J connectivity index is 1.69. The number of hydrogen-bond donors (Lipinski definition) is 4. The number of ether oxygens (including phenoxy) is 6. The molecule has 3 saturated heterocycles. The van der Waals surface area contributed by atoms with Crippen LogP contribution in [0.4, 0.5) is 0 Å². The van der Waals surface area contributed by atoms with Crippen LogP contribution in [0.25, 0.3) is 0 Å². The van der Waals surface area contributed by atoms with Gasteiger partial charge in [0.25, 0.3) is 5.91 Å². The molecule has 11 heteroatoms. The summed E-state index contributed by atoms with van der Waals surface area (Å²) in [5.74, 6) is -2.27. The van der Waals surface area contributed by atoms with Crippen molar-refractivity contribution < 1.29 is 48.5 Å². The minimum absolute atomic E-state index is 0.0482. The van der Waals surface area contributed by atoms with Crippen LogP contribution in [-0.2, 0) is 33.2 Å². The molecule has 3 heterocycles. The van der Waals surface area contributed by atoms with Crippen LogP contribution in [0.2, 0.25) is 0 Å². The SMILES string of the molecule is C=C1C[C@](OC)([C@H](O)C(=O)NC2OCOC3C2O[C@H](C[C@H](O)/C=C/CCCCCCO)C(C)(C)[C@@H]3OC)O[C@H](C)[C@@H]1C. The maximum absolute atomic E-state index is 13.4. The Kier molecular flexibility index (Phi) is 13.0. The third-order valence-electron chi connectivity index (χ3n) is 9.16. The van der Waals surface area contributed by atoms with Crippen LogP contribution in [0.1, 0.15) is 72.6 Å². The highest BCUT2D eigenvalue weighted by Crippen LogP contribution is 2.44. The summed E-state index contributed by atoms with van der Waals surface area (Å²) < 4.78 is 35.7. The van der Waals surface area contributed by atoms with E-state index in [0.29, 0.717) is 6.42 Å². The molecule has 0 aliphatic carbocycles. The van der Waals surface area contributed by atoms with E-state index in [-0.39, 0.29) is 31.8 Å². The van der Waals surface area contributed by atoms with Gasteiger partial charge in [0.2, 0.25) is 5.79 Å². The van der Waals surface area contributed by atoms with E-state index in [4.69, 9.17) is 33.5 Å². The average Bonchev–Trinajstić information content (AvgIpc) is 2.95. The van der Waals surface area contributed by atoms with E-state index in [9.17, 15) is 15.0 Å². The number of aliphatic hydroxyl groups is 3. The van der Waals surface area contributed by atoms with Crippen molar-refractivity contribution in [1.82, 2.24) is 5.32 Å². The van der Waals surface area contributed by atoms with Gasteiger partial charge in [-0.1, -0.05) is 57.9 Å². The lowest BCUT2D eigenvalue weighted by Gasteiger charge is -2.54. The minimum atomic E-state index is -1.66. The zero-order valence-corrected chi connectivity index (χ0v) is 26.1. The maximum atomic E-state index is 13.4. The predicted octanol–water partition coefficient (Wildman–Crippen LogP) is 2.56. The third-order valence-corrected chi connectivity index (χ3v) is 9.16. The maximum Gasteiger partial charge on any atom is 0.256 e. The molecular formula is C31H53NO10. The first kappa shape index (κ1) is 35.1. The van der Waals surface area contributed by atoms with Gasteiger partial charge in [-0.2, -0.15) is 0 Å². The molecule has 3 aliphatic heterocycles. The normalized spacial score (nSPS) is 36.4. The topological polar surface area (TPSA) is 145 Å². The van der Waals surface area contributed by atoms with E-state index in [1.54, 1.807) is 13.2 Å². The molecule has 0 radical (unpaired) electrons. The number of allylic oxidation sites excluding steroid dienone is 1. The number of unbranched alkanes of at least 4 members (excludes halogenated alkanes) is 4. The summed E-state index contributed by atoms with van der Waals surface area (Å²) in [6.45, 7) is 12.0. The lowest BCUT2D eigenvalue weighted by Crippen LogP contribution is -2.69. The second-order valence-electron chi connectivity index (χ2n) is 12.4. The summed E-state index contributed by atoms with van der Waals surface area (Å²) in [4.78, 5) is 13.4. The highest BCUT2D eigenvalue weighted by molar-refractivity contribution is 5.82. The summed E-state index contributed by atoms with van der Waals surface area (Å²) in [6.07, 6.45) is 3.02. The standard InChI is InChI=1S/C31H53NO10/c1-19-17-31(38-7,42-21(3)20(19)2)26(35)28(36)32-29-25-24(39-18-40-29)27(37-6)30(4,5)23(41-25)16-22(34)14-12-10-8-9-11-13-15-33/h12,14,20-27,29,33-35H,1,8-11,13,15-18H2,2-7H3,(H,32,36)/b14-12+/t20-,21-,22-,23-,24?,25?,26-,27-,29?,31-/m1/s1. The molecule has 3 fully saturated rings. The van der Waals surface area contributed by atoms with Crippen LogP contribution in [0.15, 0.2) is 24.3 Å². The van der Waals surface area contributed by atoms with Crippen molar-refractivity contribution in [3.05, 3.63) is 24.3 Å². The first-order valence-electron chi connectivity index (χ1n) is 15.2. The number of carbonyl (C=O) groups excluding carboxylic acids is 1. The molecular weight excluding hydrogens is 546 g/mol. The second kappa shape index (κ2) is 15.5. The largest absolute Gasteiger partial charge is 0.396 e. The zero-order valence-electron chi connectivity index (χ0n) is 26.1. The van der Waals surface area contributed by atoms with Gasteiger partial charge < -0.3 is 49.1 Å². The van der Waals surface area contributed by atoms with Crippen LogP contribution in [0.5, 0.6) is 0 Å². The van der Waals surface area contributed by atoms with E-state index in [0.717, 1.165) is 37.7 Å². The molecule has 0 spiro atoms. The fourth-order valence-electron chi connectivity index (χ4n) is 6.21. The molecule has 4 N–H and O–H groups in total. The molecule has 10 atom stereocenters. The van der Waals surface area contributed by atoms with Crippen molar-refractivity contribution in [1.29, 1.82) is 0 Å². The van der Waals surface area contributed by atoms with Crippen LogP contribution in [-0.4, -0.2) is 104 Å². The molecule has 3 unspecified atom stereocenters. The van der Waals surface area contributed by atoms with Crippen molar-refractivity contribution in [3.8, 4) is 0 Å². The lowest BCUT2D eigenvalue weighted by atomic mass is 9.72. The smallest absolute Gasteiger partial charge is 0.256 e. The van der Waals surface area contributed by atoms with Gasteiger partial charge in [0, 0.05) is 45.0 Å². The summed E-state index contributed by atoms with van der Waals surface area (Å²) in [7, 11) is 3.00. The van der Waals surface area contributed by atoms with Crippen LogP contribution in [0, 0.1) is 11.3 Å². The van der Waals surface area contributed by atoms with Gasteiger partial charge in [-0.15, -0.1) is 0 Å². The fraction of sp³-hybridized carbons (Fsp3) is 0.839. The molecule has 3 rings (SSSR count). The number of hydrogen-bond acceptors (Lipinski definition) is 10. The van der Waals surface area contributed by atoms with Crippen LogP contribution >= 0.6 is 0 Å². The molecule has 242 valence electrons. The summed E-state index contributed by atoms with van der Waals surface area (Å²) >= 11 is 0. The Morgan fingerprint density at radius 2 is 1.86 bits per heavy atom. The Labute approximate surface area is 250 Å². The van der Waals surface area contributed by atoms with E-state index in [1.165, 1.54) is 7.11 Å². The van der Waals surface area contributed by atoms with Crippen LogP contribution in [0.3, 0.4) is 0 Å². The van der Waals surface area contributed by atoms with Crippen molar-refractivity contribution in [2.75, 3.05) is 27.6 Å². The number of nitrogens with one attached hydrogen (secondary N) is 1. The van der Waals surface area contributed by atoms with E-state index in [1.807, 2.05) is 33.8 Å². The molecule has 0 bridgehead atoms. The van der Waals surface area contributed by atoms with E-state index in [2.05, 4.69) is 11.9 Å². The number of rotatable bonds is 14. The number of amides is 1. The predicted molar refractivity (Wildman–Crippen MR) is 155 cm³/mol. The van der Waals surface area contributed by atoms with Crippen molar-refractivity contribution in [2.24, 2.45) is 11.3 Å². The molecule has 11 nitrogen and oxygen atoms in total. The van der Waals surface area contributed by atoms with Crippen molar-refractivity contribution in [3.63, 3.8) is 0 Å². The number of carbonyl (C=O) groups is 1. The Morgan fingerprint density at radius 3 is 2.50 bits per heavy atom. The lowest BCUT2D eigenvalue weighted by molar-refractivity contribution is -0.332. The fourth-order valence-corrected chi connectivity index (χ4v) is 6.21. The van der Waals surface area contributed by atoms with Gasteiger partial charge in [-0.25, -0.2) is 0 Å². The first-order valence-corrected chi connectivity index (χ1v) is 15.2. The van der Waals surface area contributed by atoms with Crippen LogP contribution < -0.4 is 5.32 Å². The highest BCUT2D eigenvalue weighted by atomic mass is 16.7. The number of fused-ring (bicyclic) bond motifs is 1. The monoisotopic (exact) mass is 599 g/mol. The van der Waals surface area contributed by atoms with Gasteiger partial charge in [0.15, 0.2) is 12.3 Å². The second-order valence-corrected chi connectivity index (χ2v) is 12.4. The summed E-state index contributed by atoms with van der Waals surface area (Å²) in [5, 5.41) is 33.7. The summed E-state index contributed by atoms with van der Waals surface area (Å²) in [5.41, 5.74) is 0.284. The molecule has 42 heavy (non-hydrogen) atoms. The van der Waals surface area contributed by atoms with Gasteiger partial charge in [0.1, 0.15) is 19.0 Å². The Hall–Kier alpha value is -1.41. The van der Waals surface area contributed by atoms with E-state index >= 15 is 0 Å².